The fourth-order valence-electron chi connectivity index (χ4n) is 18.3. The van der Waals surface area contributed by atoms with Crippen molar-refractivity contribution in [2.24, 2.45) is 35.5 Å². The van der Waals surface area contributed by atoms with Gasteiger partial charge in [0.2, 0.25) is 22.8 Å². The van der Waals surface area contributed by atoms with Crippen LogP contribution in [0.25, 0.3) is 32.7 Å². The number of rotatable bonds is 20. The number of fused-ring (bicyclic) bond motifs is 2. The van der Waals surface area contributed by atoms with Gasteiger partial charge in [0.1, 0.15) is 13.1 Å². The van der Waals surface area contributed by atoms with Gasteiger partial charge in [-0.1, -0.05) is 197 Å². The molecule has 14 rings (SSSR count). The average Bonchev–Trinajstić information content (AvgIpc) is 0.768. The molecule has 0 aliphatic heterocycles. The van der Waals surface area contributed by atoms with E-state index in [1.165, 1.54) is 190 Å². The molecule has 4 nitrogen and oxygen atoms in total. The summed E-state index contributed by atoms with van der Waals surface area (Å²) in [5.74, 6) is 4.34. The monoisotopic (exact) mass is 1420 g/mol. The topological polar surface area (TPSA) is 12.5 Å². The lowest BCUT2D eigenvalue weighted by Gasteiger charge is -2.39. The Balaban J connectivity index is 0.00000518. The Hall–Kier alpha value is -9.32. The number of halogens is 2. The minimum atomic E-state index is 0. The van der Waals surface area contributed by atoms with Gasteiger partial charge < -0.3 is 34.6 Å². The van der Waals surface area contributed by atoms with Gasteiger partial charge in [-0.3, -0.25) is 0 Å². The first kappa shape index (κ1) is 75.4. The number of aryl methyl sites for hydroxylation is 4. The summed E-state index contributed by atoms with van der Waals surface area (Å²) in [6.07, 6.45) is 30.4. The zero-order valence-corrected chi connectivity index (χ0v) is 65.1. The van der Waals surface area contributed by atoms with Gasteiger partial charge in [-0.15, -0.1) is 0 Å². The summed E-state index contributed by atoms with van der Waals surface area (Å²) >= 11 is 0. The van der Waals surface area contributed by atoms with Gasteiger partial charge in [-0.05, 0) is 285 Å². The van der Waals surface area contributed by atoms with Crippen LogP contribution in [0, 0.1) is 63.2 Å². The third kappa shape index (κ3) is 16.1. The number of anilines is 4. The van der Waals surface area contributed by atoms with Crippen molar-refractivity contribution in [3.8, 4) is 0 Å². The summed E-state index contributed by atoms with van der Waals surface area (Å²) in [6.45, 7) is 26.6. The van der Waals surface area contributed by atoms with E-state index >= 15 is 0 Å². The molecule has 0 N–H and O–H groups in total. The van der Waals surface area contributed by atoms with E-state index in [2.05, 4.69) is 355 Å². The molecule has 0 bridgehead atoms. The molecule has 2 fully saturated rings. The molecule has 10 aromatic carbocycles. The highest BCUT2D eigenvalue weighted by Crippen LogP contribution is 2.47. The van der Waals surface area contributed by atoms with E-state index in [-0.39, 0.29) is 24.8 Å². The SMILES string of the molecule is CCN(c1ccc(C(=C2C=CC(=[N+](CC)c3ccccc3C)C=C2)c2ccc(CC3CCC(CC4CCC(Cc5ccc(C(=C6C=CC(=[N+](CC)c7ccccc7C)C=C6)c6ccc(N(CC)c7ccccc7C)cc6)c6ccccc56)C(C)C4)CC3C)c3ccccc23)cc1)c1ccccc1C.[Cl-].[Cl-]. The molecule has 6 unspecified atom stereocenters. The van der Waals surface area contributed by atoms with Crippen molar-refractivity contribution in [2.45, 2.75) is 127 Å². The van der Waals surface area contributed by atoms with Gasteiger partial charge in [0, 0.05) is 83.4 Å². The molecule has 6 heteroatoms. The van der Waals surface area contributed by atoms with Gasteiger partial charge in [0.25, 0.3) is 0 Å². The number of hydrogen-bond donors (Lipinski definition) is 0. The molecule has 4 aliphatic rings. The molecule has 536 valence electrons. The number of benzene rings is 10. The molecule has 0 saturated heterocycles. The standard InChI is InChI=1S/C99H106N4.2ClH/c1-11-100(94-35-23-15-27-68(94)5)84-53-43-76(44-54-84)98(77-45-55-85(56-46-77)101(12-2)95-36-24-16-28-69(95)6)92-61-51-82(88-31-19-21-33-90(88)92)66-80-41-39-74(63-72(80)9)65-75-40-42-81(73(10)64-75)67-83-52-62-93(91-34-22-20-32-89(83)91)99(78-47-57-86(58-48-78)102(13-3)96-37-25-17-29-70(96)7)79-49-59-87(60-50-79)103(14-4)97-38-26-18-30-71(97)8;;/h15-38,43-62,72-75,80-81H,11-14,39-42,63-67H2,1-10H3;2*1H/q+2;;/p-2. The van der Waals surface area contributed by atoms with Gasteiger partial charge in [-0.2, -0.15) is 9.15 Å². The largest absolute Gasteiger partial charge is 1.00 e. The number of hydrogen-bond acceptors (Lipinski definition) is 2. The summed E-state index contributed by atoms with van der Waals surface area (Å²) in [5.41, 5.74) is 28.0. The fourth-order valence-corrected chi connectivity index (χ4v) is 18.3. The summed E-state index contributed by atoms with van der Waals surface area (Å²) in [5, 5.41) is 5.46. The first-order valence-electron chi connectivity index (χ1n) is 38.9. The lowest BCUT2D eigenvalue weighted by molar-refractivity contribution is -0.435. The molecule has 0 spiro atoms. The van der Waals surface area contributed by atoms with Crippen molar-refractivity contribution in [2.75, 3.05) is 36.0 Å². The lowest BCUT2D eigenvalue weighted by atomic mass is 9.66. The highest BCUT2D eigenvalue weighted by atomic mass is 35.5. The van der Waals surface area contributed by atoms with Gasteiger partial charge in [0.15, 0.2) is 0 Å². The third-order valence-electron chi connectivity index (χ3n) is 23.9. The summed E-state index contributed by atoms with van der Waals surface area (Å²) in [7, 11) is 0. The Morgan fingerprint density at radius 1 is 0.362 bits per heavy atom. The Morgan fingerprint density at radius 2 is 0.705 bits per heavy atom. The van der Waals surface area contributed by atoms with Crippen molar-refractivity contribution in [1.82, 2.24) is 0 Å². The highest BCUT2D eigenvalue weighted by molar-refractivity contribution is 6.08. The van der Waals surface area contributed by atoms with Crippen molar-refractivity contribution < 1.29 is 34.0 Å². The van der Waals surface area contributed by atoms with Crippen LogP contribution in [0.4, 0.5) is 34.1 Å². The van der Waals surface area contributed by atoms with Crippen LogP contribution < -0.4 is 34.6 Å². The first-order valence-corrected chi connectivity index (χ1v) is 38.9. The highest BCUT2D eigenvalue weighted by Gasteiger charge is 2.34. The third-order valence-corrected chi connectivity index (χ3v) is 23.9. The van der Waals surface area contributed by atoms with E-state index in [9.17, 15) is 0 Å². The number of para-hydroxylation sites is 4. The Labute approximate surface area is 640 Å². The predicted octanol–water partition coefficient (Wildman–Crippen LogP) is 19.3. The van der Waals surface area contributed by atoms with E-state index in [1.54, 1.807) is 0 Å². The Kier molecular flexibility index (Phi) is 24.6. The minimum Gasteiger partial charge on any atom is -1.00 e. The van der Waals surface area contributed by atoms with E-state index in [0.717, 1.165) is 50.9 Å². The van der Waals surface area contributed by atoms with Gasteiger partial charge in [-0.25, -0.2) is 0 Å². The van der Waals surface area contributed by atoms with E-state index < -0.39 is 0 Å². The zero-order valence-electron chi connectivity index (χ0n) is 63.6. The van der Waals surface area contributed by atoms with E-state index in [1.807, 2.05) is 0 Å². The molecule has 4 aliphatic carbocycles. The second kappa shape index (κ2) is 34.3. The quantitative estimate of drug-likeness (QED) is 0.0705. The van der Waals surface area contributed by atoms with E-state index in [4.69, 9.17) is 0 Å². The van der Waals surface area contributed by atoms with Crippen molar-refractivity contribution in [1.29, 1.82) is 0 Å². The Bertz CT molecular complexity index is 4660. The normalized spacial score (nSPS) is 18.4. The van der Waals surface area contributed by atoms with Crippen LogP contribution in [0.1, 0.15) is 142 Å². The van der Waals surface area contributed by atoms with Gasteiger partial charge in [0.05, 0.1) is 0 Å². The minimum absolute atomic E-state index is 0. The second-order valence-electron chi connectivity index (χ2n) is 30.2. The van der Waals surface area contributed by atoms with Crippen LogP contribution in [0.5, 0.6) is 0 Å². The molecule has 0 radical (unpaired) electrons. The summed E-state index contributed by atoms with van der Waals surface area (Å²) < 4.78 is 4.87. The van der Waals surface area contributed by atoms with Crippen LogP contribution in [0.3, 0.4) is 0 Å². The lowest BCUT2D eigenvalue weighted by Crippen LogP contribution is -3.00. The van der Waals surface area contributed by atoms with Crippen molar-refractivity contribution >= 4 is 78.2 Å². The van der Waals surface area contributed by atoms with E-state index in [0.29, 0.717) is 23.7 Å². The molecule has 0 heterocycles. The first-order chi connectivity index (χ1) is 50.4. The van der Waals surface area contributed by atoms with Crippen LogP contribution in [0.2, 0.25) is 0 Å². The summed E-state index contributed by atoms with van der Waals surface area (Å²) in [4.78, 5) is 4.87. The van der Waals surface area contributed by atoms with Crippen molar-refractivity contribution in [3.05, 3.63) is 334 Å². The molecule has 10 aromatic rings. The Morgan fingerprint density at radius 3 is 1.05 bits per heavy atom. The molecule has 2 saturated carbocycles. The molecule has 0 amide bonds. The smallest absolute Gasteiger partial charge is 0.208 e. The fraction of sp³-hybridized carbons (Fsp3) is 0.293. The predicted molar refractivity (Wildman–Crippen MR) is 442 cm³/mol. The average molecular weight is 1420 g/mol. The van der Waals surface area contributed by atoms with Crippen molar-refractivity contribution in [3.63, 3.8) is 0 Å². The zero-order chi connectivity index (χ0) is 71.1. The maximum Gasteiger partial charge on any atom is 0.208 e. The maximum absolute atomic E-state index is 2.59. The maximum atomic E-state index is 2.59. The van der Waals surface area contributed by atoms with Crippen LogP contribution in [-0.4, -0.2) is 46.8 Å². The second-order valence-corrected chi connectivity index (χ2v) is 30.2. The van der Waals surface area contributed by atoms with Crippen LogP contribution in [-0.2, 0) is 12.8 Å². The van der Waals surface area contributed by atoms with Crippen LogP contribution >= 0.6 is 0 Å². The molecule has 0 aromatic heterocycles. The number of allylic oxidation sites excluding steroid dienone is 10. The van der Waals surface area contributed by atoms with Gasteiger partial charge >= 0.3 is 0 Å². The summed E-state index contributed by atoms with van der Waals surface area (Å²) in [6, 6.07) is 82.3. The molecule has 105 heavy (non-hydrogen) atoms. The van der Waals surface area contributed by atoms with Crippen LogP contribution in [0.15, 0.2) is 278 Å². The molecular weight excluding hydrogens is 1320 g/mol. The molecular formula is C99H106Cl2N4. The molecule has 6 atom stereocenters. The number of nitrogens with zero attached hydrogens (tertiary/aromatic N) is 4.